The van der Waals surface area contributed by atoms with Gasteiger partial charge in [0.15, 0.2) is 0 Å². The van der Waals surface area contributed by atoms with Crippen LogP contribution in [0.25, 0.3) is 0 Å². The van der Waals surface area contributed by atoms with Gasteiger partial charge in [0.2, 0.25) is 0 Å². The predicted molar refractivity (Wildman–Crippen MR) is 82.2 cm³/mol. The normalized spacial score (nSPS) is 11.1. The molecular formula is C13H13N3O2S2. The van der Waals surface area contributed by atoms with Crippen LogP contribution in [0.4, 0.5) is 5.69 Å². The van der Waals surface area contributed by atoms with Crippen LogP contribution in [0.3, 0.4) is 0 Å². The highest BCUT2D eigenvalue weighted by molar-refractivity contribution is 7.92. The van der Waals surface area contributed by atoms with Gasteiger partial charge in [0, 0.05) is 25.0 Å². The van der Waals surface area contributed by atoms with Crippen molar-refractivity contribution in [3.05, 3.63) is 54.4 Å². The number of anilines is 1. The van der Waals surface area contributed by atoms with E-state index in [-0.39, 0.29) is 9.88 Å². The molecule has 0 aliphatic heterocycles. The highest BCUT2D eigenvalue weighted by Crippen LogP contribution is 2.21. The number of pyridine rings is 1. The average molecular weight is 307 g/mol. The average Bonchev–Trinajstić information content (AvgIpc) is 2.47. The molecule has 1 aromatic carbocycles. The van der Waals surface area contributed by atoms with Gasteiger partial charge in [-0.2, -0.15) is 0 Å². The number of hydrogen-bond donors (Lipinski definition) is 1. The Hall–Kier alpha value is -1.99. The quantitative estimate of drug-likeness (QED) is 0.867. The topological polar surface area (TPSA) is 76.3 Å². The zero-order valence-corrected chi connectivity index (χ0v) is 12.4. The lowest BCUT2D eigenvalue weighted by Gasteiger charge is -2.19. The number of sulfonamides is 1. The van der Waals surface area contributed by atoms with Crippen LogP contribution >= 0.6 is 12.2 Å². The molecule has 0 atom stereocenters. The fourth-order valence-electron chi connectivity index (χ4n) is 1.63. The lowest BCUT2D eigenvalue weighted by molar-refractivity contribution is 0.594. The summed E-state index contributed by atoms with van der Waals surface area (Å²) in [7, 11) is -2.13. The van der Waals surface area contributed by atoms with Crippen molar-refractivity contribution in [3.8, 4) is 0 Å². The minimum Gasteiger partial charge on any atom is -0.389 e. The molecule has 7 heteroatoms. The fraction of sp³-hybridized carbons (Fsp3) is 0.0769. The standard InChI is InChI=1S/C13H13N3O2S2/c1-16(11-6-4-10(5-7-11)13(14)19)20(17,18)12-3-2-8-15-9-12/h2-9H,1H3,(H2,14,19). The van der Waals surface area contributed by atoms with Crippen molar-refractivity contribution < 1.29 is 8.42 Å². The van der Waals surface area contributed by atoms with Crippen LogP contribution in [-0.2, 0) is 10.0 Å². The third-order valence-corrected chi connectivity index (χ3v) is 4.81. The molecule has 2 aromatic rings. The Morgan fingerprint density at radius 2 is 1.90 bits per heavy atom. The van der Waals surface area contributed by atoms with Crippen LogP contribution in [0.5, 0.6) is 0 Å². The first kappa shape index (κ1) is 14.4. The highest BCUT2D eigenvalue weighted by Gasteiger charge is 2.21. The molecule has 104 valence electrons. The van der Waals surface area contributed by atoms with Gasteiger partial charge in [-0.1, -0.05) is 12.2 Å². The molecule has 1 heterocycles. The maximum atomic E-state index is 12.4. The van der Waals surface area contributed by atoms with Gasteiger partial charge in [-0.05, 0) is 36.4 Å². The fourth-order valence-corrected chi connectivity index (χ4v) is 2.93. The molecule has 0 fully saturated rings. The number of benzene rings is 1. The van der Waals surface area contributed by atoms with Crippen LogP contribution in [0.2, 0.25) is 0 Å². The van der Waals surface area contributed by atoms with E-state index in [0.717, 1.165) is 0 Å². The minimum atomic E-state index is -3.62. The molecule has 0 aliphatic rings. The van der Waals surface area contributed by atoms with Crippen LogP contribution in [0.15, 0.2) is 53.7 Å². The first-order valence-electron chi connectivity index (χ1n) is 5.72. The number of thiocarbonyl (C=S) groups is 1. The molecule has 0 aliphatic carbocycles. The predicted octanol–water partition coefficient (Wildman–Crippen LogP) is 1.54. The summed E-state index contributed by atoms with van der Waals surface area (Å²) < 4.78 is 26.0. The Kier molecular flexibility index (Phi) is 4.01. The van der Waals surface area contributed by atoms with Gasteiger partial charge in [0.05, 0.1) is 5.69 Å². The molecule has 20 heavy (non-hydrogen) atoms. The summed E-state index contributed by atoms with van der Waals surface area (Å²) in [5.41, 5.74) is 6.72. The van der Waals surface area contributed by atoms with Crippen LogP contribution in [0.1, 0.15) is 5.56 Å². The molecule has 2 N–H and O–H groups in total. The van der Waals surface area contributed by atoms with E-state index in [1.54, 1.807) is 30.3 Å². The number of hydrogen-bond acceptors (Lipinski definition) is 4. The van der Waals surface area contributed by atoms with Crippen molar-refractivity contribution in [2.45, 2.75) is 4.90 Å². The van der Waals surface area contributed by atoms with E-state index in [1.165, 1.54) is 29.8 Å². The van der Waals surface area contributed by atoms with E-state index in [2.05, 4.69) is 4.98 Å². The second-order valence-electron chi connectivity index (χ2n) is 4.07. The van der Waals surface area contributed by atoms with Crippen LogP contribution in [0, 0.1) is 0 Å². The molecule has 1 aromatic heterocycles. The SMILES string of the molecule is CN(c1ccc(C(N)=S)cc1)S(=O)(=O)c1cccnc1. The number of rotatable bonds is 4. The van der Waals surface area contributed by atoms with Crippen molar-refractivity contribution in [2.75, 3.05) is 11.4 Å². The summed E-state index contributed by atoms with van der Waals surface area (Å²) >= 11 is 4.86. The van der Waals surface area contributed by atoms with Gasteiger partial charge < -0.3 is 5.73 Å². The molecule has 0 saturated carbocycles. The third kappa shape index (κ3) is 2.78. The molecular weight excluding hydrogens is 294 g/mol. The van der Waals surface area contributed by atoms with E-state index in [9.17, 15) is 8.42 Å². The molecule has 0 amide bonds. The number of aromatic nitrogens is 1. The maximum Gasteiger partial charge on any atom is 0.265 e. The van der Waals surface area contributed by atoms with Crippen LogP contribution < -0.4 is 10.0 Å². The molecule has 0 bridgehead atoms. The molecule has 0 radical (unpaired) electrons. The lowest BCUT2D eigenvalue weighted by atomic mass is 10.2. The lowest BCUT2D eigenvalue weighted by Crippen LogP contribution is -2.26. The van der Waals surface area contributed by atoms with E-state index >= 15 is 0 Å². The van der Waals surface area contributed by atoms with Gasteiger partial charge in [-0.15, -0.1) is 0 Å². The first-order valence-corrected chi connectivity index (χ1v) is 7.56. The third-order valence-electron chi connectivity index (χ3n) is 2.81. The van der Waals surface area contributed by atoms with Gasteiger partial charge >= 0.3 is 0 Å². The summed E-state index contributed by atoms with van der Waals surface area (Å²) in [6, 6.07) is 9.77. The van der Waals surface area contributed by atoms with E-state index in [1.807, 2.05) is 0 Å². The summed E-state index contributed by atoms with van der Waals surface area (Å²) in [6.07, 6.45) is 2.84. The molecule has 0 unspecified atom stereocenters. The minimum absolute atomic E-state index is 0.140. The van der Waals surface area contributed by atoms with Crippen molar-refractivity contribution >= 4 is 32.9 Å². The molecule has 2 rings (SSSR count). The Labute approximate surface area is 123 Å². The Bertz CT molecular complexity index is 713. The van der Waals surface area contributed by atoms with E-state index in [0.29, 0.717) is 11.3 Å². The number of nitrogens with two attached hydrogens (primary N) is 1. The van der Waals surface area contributed by atoms with Crippen molar-refractivity contribution in [1.82, 2.24) is 4.98 Å². The summed E-state index contributed by atoms with van der Waals surface area (Å²) in [6.45, 7) is 0. The Morgan fingerprint density at radius 3 is 2.40 bits per heavy atom. The Balaban J connectivity index is 2.36. The molecule has 0 saturated heterocycles. The van der Waals surface area contributed by atoms with Gasteiger partial charge in [-0.25, -0.2) is 8.42 Å². The molecule has 0 spiro atoms. The van der Waals surface area contributed by atoms with Crippen molar-refractivity contribution in [3.63, 3.8) is 0 Å². The van der Waals surface area contributed by atoms with Gasteiger partial charge in [0.1, 0.15) is 9.88 Å². The van der Waals surface area contributed by atoms with E-state index < -0.39 is 10.0 Å². The summed E-state index contributed by atoms with van der Waals surface area (Å²) in [5, 5.41) is 0. The zero-order chi connectivity index (χ0) is 14.8. The van der Waals surface area contributed by atoms with Gasteiger partial charge in [-0.3, -0.25) is 9.29 Å². The smallest absolute Gasteiger partial charge is 0.265 e. The monoisotopic (exact) mass is 307 g/mol. The Morgan fingerprint density at radius 1 is 1.25 bits per heavy atom. The second-order valence-corrected chi connectivity index (χ2v) is 6.48. The molecule has 5 nitrogen and oxygen atoms in total. The van der Waals surface area contributed by atoms with Crippen LogP contribution in [-0.4, -0.2) is 25.4 Å². The second kappa shape index (κ2) is 5.56. The van der Waals surface area contributed by atoms with Gasteiger partial charge in [0.25, 0.3) is 10.0 Å². The summed E-state index contributed by atoms with van der Waals surface area (Å²) in [4.78, 5) is 4.24. The van der Waals surface area contributed by atoms with Crippen molar-refractivity contribution in [1.29, 1.82) is 0 Å². The first-order chi connectivity index (χ1) is 9.43. The number of nitrogens with zero attached hydrogens (tertiary/aromatic N) is 2. The van der Waals surface area contributed by atoms with E-state index in [4.69, 9.17) is 18.0 Å². The highest BCUT2D eigenvalue weighted by atomic mass is 32.2. The largest absolute Gasteiger partial charge is 0.389 e. The summed E-state index contributed by atoms with van der Waals surface area (Å²) in [5.74, 6) is 0. The maximum absolute atomic E-state index is 12.4. The zero-order valence-electron chi connectivity index (χ0n) is 10.7. The van der Waals surface area contributed by atoms with Crippen molar-refractivity contribution in [2.24, 2.45) is 5.73 Å².